The van der Waals surface area contributed by atoms with Gasteiger partial charge in [-0.2, -0.15) is 0 Å². The molecule has 0 aliphatic heterocycles. The molecule has 0 bridgehead atoms. The van der Waals surface area contributed by atoms with Crippen molar-refractivity contribution in [3.8, 4) is 0 Å². The van der Waals surface area contributed by atoms with E-state index in [2.05, 4.69) is 27.7 Å². The van der Waals surface area contributed by atoms with E-state index in [0.717, 1.165) is 0 Å². The summed E-state index contributed by atoms with van der Waals surface area (Å²) in [5.41, 5.74) is 0. The van der Waals surface area contributed by atoms with E-state index in [1.807, 2.05) is 0 Å². The van der Waals surface area contributed by atoms with Crippen molar-refractivity contribution in [2.75, 3.05) is 26.2 Å². The first-order chi connectivity index (χ1) is 21.2. The van der Waals surface area contributed by atoms with Gasteiger partial charge in [0.15, 0.2) is 0 Å². The summed E-state index contributed by atoms with van der Waals surface area (Å²) in [6.07, 6.45) is 50.0. The predicted octanol–water partition coefficient (Wildman–Crippen LogP) is 15.1. The highest BCUT2D eigenvalue weighted by molar-refractivity contribution is 4.53. The largest absolute Gasteiger partial charge is 0.324 e. The molecular weight excluding hydrogens is 518 g/mol. The second kappa shape index (κ2) is 36.4. The van der Waals surface area contributed by atoms with E-state index >= 15 is 0 Å². The second-order valence-corrected chi connectivity index (χ2v) is 14.7. The van der Waals surface area contributed by atoms with Crippen molar-refractivity contribution < 1.29 is 4.48 Å². The van der Waals surface area contributed by atoms with Crippen LogP contribution in [0.2, 0.25) is 0 Å². The number of nitrogens with zero attached hydrogens (tertiary/aromatic N) is 1. The molecule has 1 nitrogen and oxygen atoms in total. The highest BCUT2D eigenvalue weighted by atomic mass is 15.3. The Balaban J connectivity index is 3.49. The van der Waals surface area contributed by atoms with Crippen LogP contribution in [0.15, 0.2) is 0 Å². The zero-order valence-corrected chi connectivity index (χ0v) is 31.3. The number of unbranched alkanes of at least 4 members (excludes halogenated alkanes) is 32. The molecule has 0 atom stereocenters. The summed E-state index contributed by atoms with van der Waals surface area (Å²) < 4.78 is 1.39. The van der Waals surface area contributed by atoms with E-state index in [-0.39, 0.29) is 0 Å². The van der Waals surface area contributed by atoms with Gasteiger partial charge < -0.3 is 4.48 Å². The molecule has 0 heterocycles. The van der Waals surface area contributed by atoms with E-state index in [0.29, 0.717) is 0 Å². The summed E-state index contributed by atoms with van der Waals surface area (Å²) in [4.78, 5) is 0. The smallest absolute Gasteiger partial charge is 0.0786 e. The average molecular weight is 607 g/mol. The van der Waals surface area contributed by atoms with Crippen LogP contribution in [-0.4, -0.2) is 30.7 Å². The molecule has 0 unspecified atom stereocenters. The van der Waals surface area contributed by atoms with Gasteiger partial charge in [-0.25, -0.2) is 0 Å². The van der Waals surface area contributed by atoms with Crippen LogP contribution < -0.4 is 0 Å². The summed E-state index contributed by atoms with van der Waals surface area (Å²) in [5.74, 6) is 0. The van der Waals surface area contributed by atoms with E-state index in [1.165, 1.54) is 249 Å². The Bertz CT molecular complexity index is 441. The molecule has 0 N–H and O–H groups in total. The fraction of sp³-hybridized carbons (Fsp3) is 1.00. The van der Waals surface area contributed by atoms with Crippen LogP contribution >= 0.6 is 0 Å². The second-order valence-electron chi connectivity index (χ2n) is 14.7. The number of hydrogen-bond acceptors (Lipinski definition) is 0. The van der Waals surface area contributed by atoms with Gasteiger partial charge in [-0.05, 0) is 39.5 Å². The predicted molar refractivity (Wildman–Crippen MR) is 199 cm³/mol. The molecule has 1 heteroatoms. The van der Waals surface area contributed by atoms with Crippen LogP contribution in [-0.2, 0) is 0 Å². The van der Waals surface area contributed by atoms with Crippen molar-refractivity contribution >= 4 is 0 Å². The van der Waals surface area contributed by atoms with Crippen molar-refractivity contribution in [2.45, 2.75) is 246 Å². The molecule has 43 heavy (non-hydrogen) atoms. The SMILES string of the molecule is CCCCCCCCCCCCCCCCCCC[N+](CC)(CC)CCCCCCCCCCCCCCCCCCC. The lowest BCUT2D eigenvalue weighted by Gasteiger charge is -2.37. The minimum absolute atomic E-state index is 1.34. The lowest BCUT2D eigenvalue weighted by atomic mass is 10.0. The molecule has 260 valence electrons. The molecule has 0 aromatic heterocycles. The van der Waals surface area contributed by atoms with Gasteiger partial charge >= 0.3 is 0 Å². The summed E-state index contributed by atoms with van der Waals surface area (Å²) in [7, 11) is 0. The van der Waals surface area contributed by atoms with Crippen LogP contribution in [0.5, 0.6) is 0 Å². The lowest BCUT2D eigenvalue weighted by Crippen LogP contribution is -2.49. The third-order valence-electron chi connectivity index (χ3n) is 10.8. The first kappa shape index (κ1) is 43.0. The number of hydrogen-bond donors (Lipinski definition) is 0. The maximum atomic E-state index is 2.45. The first-order valence-electron chi connectivity index (χ1n) is 21.1. The highest BCUT2D eigenvalue weighted by Gasteiger charge is 2.21. The zero-order valence-electron chi connectivity index (χ0n) is 31.3. The van der Waals surface area contributed by atoms with Crippen LogP contribution in [0.25, 0.3) is 0 Å². The van der Waals surface area contributed by atoms with Crippen molar-refractivity contribution in [1.29, 1.82) is 0 Å². The maximum Gasteiger partial charge on any atom is 0.0786 e. The Hall–Kier alpha value is -0.0400. The molecule has 0 aromatic rings. The summed E-state index contributed by atoms with van der Waals surface area (Å²) in [6, 6.07) is 0. The van der Waals surface area contributed by atoms with Crippen molar-refractivity contribution in [2.24, 2.45) is 0 Å². The first-order valence-corrected chi connectivity index (χ1v) is 21.1. The zero-order chi connectivity index (χ0) is 31.4. The Morgan fingerprint density at radius 3 is 0.535 bits per heavy atom. The van der Waals surface area contributed by atoms with Crippen molar-refractivity contribution in [3.05, 3.63) is 0 Å². The molecule has 0 fully saturated rings. The van der Waals surface area contributed by atoms with Gasteiger partial charge in [0.25, 0.3) is 0 Å². The Labute approximate surface area is 276 Å². The summed E-state index contributed by atoms with van der Waals surface area (Å²) in [6.45, 7) is 15.1. The van der Waals surface area contributed by atoms with E-state index in [4.69, 9.17) is 0 Å². The average Bonchev–Trinajstić information content (AvgIpc) is 3.03. The normalized spacial score (nSPS) is 12.0. The molecule has 0 spiro atoms. The number of quaternary nitrogens is 1. The Morgan fingerprint density at radius 2 is 0.372 bits per heavy atom. The quantitative estimate of drug-likeness (QED) is 0.0484. The highest BCUT2D eigenvalue weighted by Crippen LogP contribution is 2.18. The lowest BCUT2D eigenvalue weighted by molar-refractivity contribution is -0.925. The van der Waals surface area contributed by atoms with Gasteiger partial charge in [-0.15, -0.1) is 0 Å². The van der Waals surface area contributed by atoms with E-state index < -0.39 is 0 Å². The van der Waals surface area contributed by atoms with Crippen LogP contribution in [0.4, 0.5) is 0 Å². The van der Waals surface area contributed by atoms with Crippen molar-refractivity contribution in [1.82, 2.24) is 0 Å². The van der Waals surface area contributed by atoms with E-state index in [9.17, 15) is 0 Å². The monoisotopic (exact) mass is 607 g/mol. The van der Waals surface area contributed by atoms with E-state index in [1.54, 1.807) is 0 Å². The summed E-state index contributed by atoms with van der Waals surface area (Å²) in [5, 5.41) is 0. The van der Waals surface area contributed by atoms with Gasteiger partial charge in [-0.1, -0.05) is 206 Å². The van der Waals surface area contributed by atoms with Gasteiger partial charge in [0, 0.05) is 0 Å². The molecule has 0 saturated carbocycles. The van der Waals surface area contributed by atoms with Gasteiger partial charge in [0.2, 0.25) is 0 Å². The minimum atomic E-state index is 1.34. The standard InChI is InChI=1S/C42H88N/c1-5-9-11-13-15-17-19-21-23-25-27-29-31-33-35-37-39-41-43(7-3,8-4)42-40-38-36-34-32-30-28-26-24-22-20-18-16-14-12-10-6-2/h5-42H2,1-4H3/q+1. The summed E-state index contributed by atoms with van der Waals surface area (Å²) >= 11 is 0. The Morgan fingerprint density at radius 1 is 0.209 bits per heavy atom. The molecule has 0 radical (unpaired) electrons. The van der Waals surface area contributed by atoms with Crippen molar-refractivity contribution in [3.63, 3.8) is 0 Å². The molecule has 0 aliphatic rings. The molecular formula is C42H88N+. The topological polar surface area (TPSA) is 0 Å². The molecule has 0 aliphatic carbocycles. The van der Waals surface area contributed by atoms with Crippen LogP contribution in [0, 0.1) is 0 Å². The Kier molecular flexibility index (Phi) is 36.4. The van der Waals surface area contributed by atoms with Gasteiger partial charge in [0.1, 0.15) is 0 Å². The van der Waals surface area contributed by atoms with Gasteiger partial charge in [0.05, 0.1) is 26.2 Å². The van der Waals surface area contributed by atoms with Gasteiger partial charge in [-0.3, -0.25) is 0 Å². The minimum Gasteiger partial charge on any atom is -0.324 e. The van der Waals surface area contributed by atoms with Crippen LogP contribution in [0.1, 0.15) is 246 Å². The maximum absolute atomic E-state index is 2.45. The molecule has 0 rings (SSSR count). The number of rotatable bonds is 38. The third-order valence-corrected chi connectivity index (χ3v) is 10.8. The third kappa shape index (κ3) is 31.7. The molecule has 0 aromatic carbocycles. The van der Waals surface area contributed by atoms with Crippen LogP contribution in [0.3, 0.4) is 0 Å². The fourth-order valence-electron chi connectivity index (χ4n) is 7.31. The molecule has 0 saturated heterocycles. The molecule has 0 amide bonds. The fourth-order valence-corrected chi connectivity index (χ4v) is 7.31.